The Morgan fingerprint density at radius 2 is 2.04 bits per heavy atom. The van der Waals surface area contributed by atoms with E-state index in [2.05, 4.69) is 4.98 Å². The summed E-state index contributed by atoms with van der Waals surface area (Å²) < 4.78 is 8.38. The van der Waals surface area contributed by atoms with Crippen LogP contribution in [0.4, 0.5) is 0 Å². The summed E-state index contributed by atoms with van der Waals surface area (Å²) in [6, 6.07) is 7.47. The zero-order chi connectivity index (χ0) is 18.6. The summed E-state index contributed by atoms with van der Waals surface area (Å²) in [6.45, 7) is 1.93. The van der Waals surface area contributed by atoms with Gasteiger partial charge in [0, 0.05) is 22.8 Å². The van der Waals surface area contributed by atoms with Gasteiger partial charge in [0.25, 0.3) is 5.56 Å². The van der Waals surface area contributed by atoms with E-state index < -0.39 is 5.60 Å². The fourth-order valence-corrected chi connectivity index (χ4v) is 5.43. The monoisotopic (exact) mass is 380 g/mol. The van der Waals surface area contributed by atoms with Crippen LogP contribution in [-0.4, -0.2) is 20.8 Å². The van der Waals surface area contributed by atoms with Gasteiger partial charge in [-0.2, -0.15) is 4.98 Å². The zero-order valence-electron chi connectivity index (χ0n) is 15.1. The molecule has 0 amide bonds. The fraction of sp³-hybridized carbons (Fsp3) is 0.381. The van der Waals surface area contributed by atoms with Gasteiger partial charge in [-0.15, -0.1) is 11.3 Å². The van der Waals surface area contributed by atoms with Crippen molar-refractivity contribution in [1.29, 1.82) is 0 Å². The summed E-state index contributed by atoms with van der Waals surface area (Å²) in [4.78, 5) is 31.0. The van der Waals surface area contributed by atoms with Crippen LogP contribution in [0.15, 0.2) is 40.6 Å². The van der Waals surface area contributed by atoms with Gasteiger partial charge in [0.05, 0.1) is 11.5 Å². The molecule has 1 aromatic carbocycles. The molecule has 0 radical (unpaired) electrons. The molecule has 1 fully saturated rings. The number of benzene rings is 1. The molecule has 0 saturated heterocycles. The molecular weight excluding hydrogens is 360 g/mol. The Morgan fingerprint density at radius 3 is 2.85 bits per heavy atom. The van der Waals surface area contributed by atoms with Gasteiger partial charge in [0.2, 0.25) is 0 Å². The highest BCUT2D eigenvalue weighted by Gasteiger charge is 2.51. The van der Waals surface area contributed by atoms with E-state index in [9.17, 15) is 9.59 Å². The average Bonchev–Trinajstić information content (AvgIpc) is 3.31. The molecule has 1 saturated carbocycles. The number of rotatable bonds is 2. The van der Waals surface area contributed by atoms with E-state index in [4.69, 9.17) is 4.74 Å². The van der Waals surface area contributed by atoms with E-state index in [1.165, 1.54) is 11.3 Å². The highest BCUT2D eigenvalue weighted by Crippen LogP contribution is 2.47. The first-order chi connectivity index (χ1) is 13.1. The number of carbonyl (C=O) groups excluding carboxylic acids is 1. The van der Waals surface area contributed by atoms with Crippen LogP contribution in [0.5, 0.6) is 5.75 Å². The number of carbonyl (C=O) groups is 1. The topological polar surface area (TPSA) is 60.7 Å². The number of para-hydroxylation sites is 1. The highest BCUT2D eigenvalue weighted by atomic mass is 32.1. The van der Waals surface area contributed by atoms with Crippen LogP contribution in [-0.2, 0) is 6.42 Å². The van der Waals surface area contributed by atoms with Crippen LogP contribution < -0.4 is 10.3 Å². The molecule has 1 aliphatic heterocycles. The number of aromatic nitrogens is 2. The minimum absolute atomic E-state index is 0.0907. The Morgan fingerprint density at radius 1 is 1.26 bits per heavy atom. The molecular formula is C21H20N2O3S. The average molecular weight is 380 g/mol. The maximum absolute atomic E-state index is 13.4. The molecule has 1 spiro atoms. The summed E-state index contributed by atoms with van der Waals surface area (Å²) in [5, 5.41) is 1.92. The van der Waals surface area contributed by atoms with Crippen molar-refractivity contribution in [3.8, 4) is 5.75 Å². The number of hydrogen-bond donors (Lipinski definition) is 0. The van der Waals surface area contributed by atoms with Gasteiger partial charge in [-0.25, -0.2) is 0 Å². The van der Waals surface area contributed by atoms with E-state index in [1.807, 2.05) is 47.2 Å². The van der Waals surface area contributed by atoms with Gasteiger partial charge in [0.15, 0.2) is 10.7 Å². The molecule has 1 aliphatic carbocycles. The van der Waals surface area contributed by atoms with E-state index in [1.54, 1.807) is 0 Å². The second kappa shape index (κ2) is 6.02. The summed E-state index contributed by atoms with van der Waals surface area (Å²) >= 11 is 1.44. The number of ether oxygens (including phenoxy) is 1. The Labute approximate surface area is 160 Å². The normalized spacial score (nSPS) is 20.8. The van der Waals surface area contributed by atoms with Gasteiger partial charge in [0.1, 0.15) is 11.4 Å². The van der Waals surface area contributed by atoms with Crippen LogP contribution in [0, 0.1) is 12.8 Å². The molecule has 3 aromatic rings. The minimum Gasteiger partial charge on any atom is -0.486 e. The number of thiazole rings is 1. The van der Waals surface area contributed by atoms with Crippen molar-refractivity contribution in [1.82, 2.24) is 9.38 Å². The third-order valence-corrected chi connectivity index (χ3v) is 6.87. The number of fused-ring (bicyclic) bond motifs is 2. The second-order valence-electron chi connectivity index (χ2n) is 7.53. The SMILES string of the molecule is Cc1c(C[C@H]2C(=O)c3ccccc3OC23CCCC3)c(=O)nc2sccn12. The lowest BCUT2D eigenvalue weighted by atomic mass is 9.74. The molecule has 6 heteroatoms. The largest absolute Gasteiger partial charge is 0.486 e. The highest BCUT2D eigenvalue weighted by molar-refractivity contribution is 7.15. The lowest BCUT2D eigenvalue weighted by Crippen LogP contribution is -2.50. The number of Topliss-reactive ketones (excluding diaryl/α,β-unsaturated/α-hetero) is 1. The van der Waals surface area contributed by atoms with E-state index in [-0.39, 0.29) is 17.3 Å². The first-order valence-corrected chi connectivity index (χ1v) is 10.2. The predicted molar refractivity (Wildman–Crippen MR) is 104 cm³/mol. The lowest BCUT2D eigenvalue weighted by Gasteiger charge is -2.41. The van der Waals surface area contributed by atoms with Crippen molar-refractivity contribution in [3.63, 3.8) is 0 Å². The van der Waals surface area contributed by atoms with Crippen LogP contribution >= 0.6 is 11.3 Å². The Kier molecular flexibility index (Phi) is 3.72. The minimum atomic E-state index is -0.501. The molecule has 0 N–H and O–H groups in total. The molecule has 5 nitrogen and oxygen atoms in total. The molecule has 1 atom stereocenters. The lowest BCUT2D eigenvalue weighted by molar-refractivity contribution is 0.00535. The van der Waals surface area contributed by atoms with Gasteiger partial charge in [-0.05, 0) is 51.2 Å². The maximum Gasteiger partial charge on any atom is 0.277 e. The van der Waals surface area contributed by atoms with Gasteiger partial charge < -0.3 is 4.74 Å². The second-order valence-corrected chi connectivity index (χ2v) is 8.40. The number of nitrogens with zero attached hydrogens (tertiary/aromatic N) is 2. The molecule has 3 heterocycles. The van der Waals surface area contributed by atoms with Crippen molar-refractivity contribution < 1.29 is 9.53 Å². The molecule has 0 unspecified atom stereocenters. The third kappa shape index (κ3) is 2.46. The predicted octanol–water partition coefficient (Wildman–Crippen LogP) is 3.81. The van der Waals surface area contributed by atoms with Crippen molar-refractivity contribution in [2.24, 2.45) is 5.92 Å². The van der Waals surface area contributed by atoms with Crippen LogP contribution in [0.3, 0.4) is 0 Å². The van der Waals surface area contributed by atoms with Gasteiger partial charge in [-0.3, -0.25) is 14.0 Å². The van der Waals surface area contributed by atoms with Crippen LogP contribution in [0.2, 0.25) is 0 Å². The molecule has 27 heavy (non-hydrogen) atoms. The third-order valence-electron chi connectivity index (χ3n) is 6.12. The Hall–Kier alpha value is -2.47. The van der Waals surface area contributed by atoms with Gasteiger partial charge in [-0.1, -0.05) is 12.1 Å². The quantitative estimate of drug-likeness (QED) is 0.678. The number of hydrogen-bond acceptors (Lipinski definition) is 5. The van der Waals surface area contributed by atoms with E-state index in [0.717, 1.165) is 31.4 Å². The fourth-order valence-electron chi connectivity index (χ4n) is 4.68. The molecule has 0 bridgehead atoms. The van der Waals surface area contributed by atoms with E-state index >= 15 is 0 Å². The number of ketones is 1. The van der Waals surface area contributed by atoms with Gasteiger partial charge >= 0.3 is 0 Å². The summed E-state index contributed by atoms with van der Waals surface area (Å²) in [6.07, 6.45) is 6.10. The summed E-state index contributed by atoms with van der Waals surface area (Å²) in [7, 11) is 0. The van der Waals surface area contributed by atoms with Crippen molar-refractivity contribution >= 4 is 22.1 Å². The smallest absolute Gasteiger partial charge is 0.277 e. The molecule has 2 aromatic heterocycles. The maximum atomic E-state index is 13.4. The van der Waals surface area contributed by atoms with Crippen LogP contribution in [0.25, 0.3) is 4.96 Å². The summed E-state index contributed by atoms with van der Waals surface area (Å²) in [5.74, 6) is 0.424. The Bertz CT molecular complexity index is 1110. The molecule has 138 valence electrons. The van der Waals surface area contributed by atoms with E-state index in [0.29, 0.717) is 28.3 Å². The van der Waals surface area contributed by atoms with Crippen LogP contribution in [0.1, 0.15) is 47.3 Å². The van der Waals surface area contributed by atoms with Crippen molar-refractivity contribution in [2.45, 2.75) is 44.6 Å². The number of aryl methyl sites for hydroxylation is 1. The first kappa shape index (κ1) is 16.7. The summed E-state index contributed by atoms with van der Waals surface area (Å²) in [5.41, 5.74) is 1.39. The van der Waals surface area contributed by atoms with Crippen molar-refractivity contribution in [3.05, 3.63) is 63.0 Å². The standard InChI is InChI=1S/C21H20N2O3S/c1-13-15(19(25)22-20-23(13)10-11-27-20)12-16-18(24)14-6-2-3-7-17(14)26-21(16)8-4-5-9-21/h2-3,6-7,10-11,16H,4-5,8-9,12H2,1H3/t16-/m0/s1. The van der Waals surface area contributed by atoms with Crippen molar-refractivity contribution in [2.75, 3.05) is 0 Å². The first-order valence-electron chi connectivity index (χ1n) is 9.37. The zero-order valence-corrected chi connectivity index (χ0v) is 15.9. The molecule has 5 rings (SSSR count). The molecule has 2 aliphatic rings. The Balaban J connectivity index is 1.63.